The smallest absolute Gasteiger partial charge is 0.231 e. The Morgan fingerprint density at radius 3 is 2.22 bits per heavy atom. The van der Waals surface area contributed by atoms with Crippen molar-refractivity contribution in [1.29, 1.82) is 0 Å². The van der Waals surface area contributed by atoms with E-state index in [0.717, 1.165) is 25.0 Å². The van der Waals surface area contributed by atoms with Crippen LogP contribution in [-0.2, 0) is 0 Å². The molecule has 1 fully saturated rings. The molecular weight excluding hydrogens is 228 g/mol. The van der Waals surface area contributed by atoms with Gasteiger partial charge in [0, 0.05) is 33.2 Å². The monoisotopic (exact) mass is 250 g/mol. The zero-order valence-electron chi connectivity index (χ0n) is 11.6. The fraction of sp³-hybridized carbons (Fsp3) is 0.750. The summed E-state index contributed by atoms with van der Waals surface area (Å²) >= 11 is 0. The van der Waals surface area contributed by atoms with E-state index in [1.165, 1.54) is 12.8 Å². The van der Waals surface area contributed by atoms with Crippen molar-refractivity contribution in [2.45, 2.75) is 32.7 Å². The number of hydrogen-bond donors (Lipinski definition) is 1. The molecule has 1 aliphatic carbocycles. The summed E-state index contributed by atoms with van der Waals surface area (Å²) < 4.78 is 0. The van der Waals surface area contributed by atoms with E-state index in [1.54, 1.807) is 0 Å². The second kappa shape index (κ2) is 5.37. The van der Waals surface area contributed by atoms with Crippen LogP contribution >= 0.6 is 0 Å². The molecule has 2 rings (SSSR count). The molecule has 0 aromatic carbocycles. The number of hydrogen-bond acceptors (Lipinski definition) is 6. The van der Waals surface area contributed by atoms with Crippen LogP contribution in [0.2, 0.25) is 0 Å². The average molecular weight is 250 g/mol. The van der Waals surface area contributed by atoms with Gasteiger partial charge in [0.2, 0.25) is 17.8 Å². The van der Waals surface area contributed by atoms with Crippen molar-refractivity contribution in [2.24, 2.45) is 0 Å². The summed E-state index contributed by atoms with van der Waals surface area (Å²) in [4.78, 5) is 17.7. The number of rotatable bonds is 6. The summed E-state index contributed by atoms with van der Waals surface area (Å²) in [6, 6.07) is 0.599. The molecule has 0 aliphatic heterocycles. The largest absolute Gasteiger partial charge is 0.357 e. The Balaban J connectivity index is 2.31. The second-order valence-electron chi connectivity index (χ2n) is 4.52. The third-order valence-corrected chi connectivity index (χ3v) is 3.29. The first-order valence-electron chi connectivity index (χ1n) is 6.61. The Hall–Kier alpha value is -1.59. The Kier molecular flexibility index (Phi) is 3.84. The van der Waals surface area contributed by atoms with Gasteiger partial charge in [-0.15, -0.1) is 0 Å². The molecule has 1 N–H and O–H groups in total. The molecule has 0 saturated heterocycles. The van der Waals surface area contributed by atoms with E-state index in [4.69, 9.17) is 0 Å². The molecule has 100 valence electrons. The van der Waals surface area contributed by atoms with Crippen LogP contribution in [0.1, 0.15) is 26.7 Å². The van der Waals surface area contributed by atoms with Gasteiger partial charge in [-0.3, -0.25) is 0 Å². The van der Waals surface area contributed by atoms with Crippen molar-refractivity contribution in [2.75, 3.05) is 42.3 Å². The average Bonchev–Trinajstić information content (AvgIpc) is 3.23. The molecule has 1 aliphatic rings. The first kappa shape index (κ1) is 12.9. The molecule has 1 aromatic rings. The predicted octanol–water partition coefficient (Wildman–Crippen LogP) is 1.36. The highest BCUT2D eigenvalue weighted by molar-refractivity contribution is 5.45. The lowest BCUT2D eigenvalue weighted by atomic mass is 10.5. The number of aromatic nitrogens is 3. The van der Waals surface area contributed by atoms with Crippen LogP contribution in [0.4, 0.5) is 17.8 Å². The highest BCUT2D eigenvalue weighted by Crippen LogP contribution is 2.29. The van der Waals surface area contributed by atoms with Gasteiger partial charge < -0.3 is 15.1 Å². The van der Waals surface area contributed by atoms with Crippen LogP contribution in [-0.4, -0.2) is 48.2 Å². The summed E-state index contributed by atoms with van der Waals surface area (Å²) in [6.07, 6.45) is 2.47. The molecule has 1 aromatic heterocycles. The Morgan fingerprint density at radius 2 is 1.72 bits per heavy atom. The van der Waals surface area contributed by atoms with Gasteiger partial charge in [-0.05, 0) is 26.7 Å². The van der Waals surface area contributed by atoms with Gasteiger partial charge in [0.1, 0.15) is 0 Å². The first-order valence-corrected chi connectivity index (χ1v) is 6.61. The van der Waals surface area contributed by atoms with Crippen molar-refractivity contribution >= 4 is 17.8 Å². The highest BCUT2D eigenvalue weighted by atomic mass is 15.4. The minimum absolute atomic E-state index is 0.599. The summed E-state index contributed by atoms with van der Waals surface area (Å²) in [6.45, 7) is 6.01. The first-order chi connectivity index (χ1) is 8.69. The van der Waals surface area contributed by atoms with Gasteiger partial charge in [-0.1, -0.05) is 0 Å². The molecule has 0 radical (unpaired) electrons. The fourth-order valence-electron chi connectivity index (χ4n) is 1.90. The zero-order chi connectivity index (χ0) is 13.1. The number of anilines is 3. The molecule has 0 bridgehead atoms. The molecular formula is C12H22N6. The van der Waals surface area contributed by atoms with Gasteiger partial charge >= 0.3 is 0 Å². The van der Waals surface area contributed by atoms with E-state index in [1.807, 2.05) is 7.05 Å². The van der Waals surface area contributed by atoms with E-state index in [-0.39, 0.29) is 0 Å². The normalized spacial score (nSPS) is 14.4. The van der Waals surface area contributed by atoms with E-state index in [9.17, 15) is 0 Å². The van der Waals surface area contributed by atoms with Crippen LogP contribution < -0.4 is 15.1 Å². The summed E-state index contributed by atoms with van der Waals surface area (Å²) in [7, 11) is 3.89. The third kappa shape index (κ3) is 2.63. The number of nitrogens with zero attached hydrogens (tertiary/aromatic N) is 5. The molecule has 1 heterocycles. The maximum Gasteiger partial charge on any atom is 0.231 e. The second-order valence-corrected chi connectivity index (χ2v) is 4.52. The maximum atomic E-state index is 4.57. The topological polar surface area (TPSA) is 57.2 Å². The quantitative estimate of drug-likeness (QED) is 0.822. The van der Waals surface area contributed by atoms with E-state index < -0.39 is 0 Å². The standard InChI is InChI=1S/C12H22N6/c1-5-18(6-2)12-15-10(13-3)14-11(16-12)17(4)9-7-8-9/h9H,5-8H2,1-4H3,(H,13,14,15,16). The molecule has 1 saturated carbocycles. The van der Waals surface area contributed by atoms with Gasteiger partial charge in [0.05, 0.1) is 0 Å². The van der Waals surface area contributed by atoms with Gasteiger partial charge in [0.25, 0.3) is 0 Å². The molecule has 18 heavy (non-hydrogen) atoms. The lowest BCUT2D eigenvalue weighted by Gasteiger charge is -2.22. The third-order valence-electron chi connectivity index (χ3n) is 3.29. The van der Waals surface area contributed by atoms with Crippen molar-refractivity contribution in [3.8, 4) is 0 Å². The minimum atomic E-state index is 0.599. The van der Waals surface area contributed by atoms with Crippen molar-refractivity contribution < 1.29 is 0 Å². The SMILES string of the molecule is CCN(CC)c1nc(NC)nc(N(C)C2CC2)n1. The zero-order valence-corrected chi connectivity index (χ0v) is 11.6. The van der Waals surface area contributed by atoms with E-state index in [0.29, 0.717) is 12.0 Å². The molecule has 0 atom stereocenters. The lowest BCUT2D eigenvalue weighted by Crippen LogP contribution is -2.28. The molecule has 0 unspecified atom stereocenters. The van der Waals surface area contributed by atoms with Gasteiger partial charge in [0.15, 0.2) is 0 Å². The van der Waals surface area contributed by atoms with Crippen molar-refractivity contribution in [1.82, 2.24) is 15.0 Å². The Labute approximate surface area is 108 Å². The summed E-state index contributed by atoms with van der Waals surface area (Å²) in [5, 5.41) is 3.01. The molecule has 0 spiro atoms. The van der Waals surface area contributed by atoms with Crippen LogP contribution in [0.5, 0.6) is 0 Å². The Morgan fingerprint density at radius 1 is 1.11 bits per heavy atom. The van der Waals surface area contributed by atoms with Crippen LogP contribution in [0, 0.1) is 0 Å². The lowest BCUT2D eigenvalue weighted by molar-refractivity contribution is 0.791. The van der Waals surface area contributed by atoms with Gasteiger partial charge in [-0.2, -0.15) is 15.0 Å². The minimum Gasteiger partial charge on any atom is -0.357 e. The fourth-order valence-corrected chi connectivity index (χ4v) is 1.90. The predicted molar refractivity (Wildman–Crippen MR) is 74.4 cm³/mol. The maximum absolute atomic E-state index is 4.57. The van der Waals surface area contributed by atoms with E-state index in [2.05, 4.69) is 51.0 Å². The van der Waals surface area contributed by atoms with E-state index >= 15 is 0 Å². The Bertz CT molecular complexity index is 379. The number of nitrogens with one attached hydrogen (secondary N) is 1. The van der Waals surface area contributed by atoms with Gasteiger partial charge in [-0.25, -0.2) is 0 Å². The van der Waals surface area contributed by atoms with Crippen molar-refractivity contribution in [3.05, 3.63) is 0 Å². The summed E-state index contributed by atoms with van der Waals surface area (Å²) in [5.74, 6) is 2.15. The van der Waals surface area contributed by atoms with Crippen LogP contribution in [0.25, 0.3) is 0 Å². The van der Waals surface area contributed by atoms with Crippen LogP contribution in [0.15, 0.2) is 0 Å². The van der Waals surface area contributed by atoms with Crippen LogP contribution in [0.3, 0.4) is 0 Å². The highest BCUT2D eigenvalue weighted by Gasteiger charge is 2.28. The molecule has 6 heteroatoms. The summed E-state index contributed by atoms with van der Waals surface area (Å²) in [5.41, 5.74) is 0. The van der Waals surface area contributed by atoms with Crippen molar-refractivity contribution in [3.63, 3.8) is 0 Å². The molecule has 6 nitrogen and oxygen atoms in total. The molecule has 0 amide bonds.